The summed E-state index contributed by atoms with van der Waals surface area (Å²) < 4.78 is 0. The zero-order chi connectivity index (χ0) is 10.7. The van der Waals surface area contributed by atoms with Crippen molar-refractivity contribution in [3.63, 3.8) is 0 Å². The first kappa shape index (κ1) is 11.0. The van der Waals surface area contributed by atoms with E-state index in [-0.39, 0.29) is 5.41 Å². The number of carbonyl (C=O) groups is 1. The van der Waals surface area contributed by atoms with Gasteiger partial charge in [0.15, 0.2) is 0 Å². The zero-order valence-electron chi connectivity index (χ0n) is 9.50. The maximum atomic E-state index is 11.5. The molecule has 15 heavy (non-hydrogen) atoms. The van der Waals surface area contributed by atoms with Gasteiger partial charge in [0.05, 0.1) is 5.41 Å². The fourth-order valence-electron chi connectivity index (χ4n) is 3.16. The van der Waals surface area contributed by atoms with Crippen LogP contribution >= 0.6 is 0 Å². The third-order valence-electron chi connectivity index (χ3n) is 4.42. The van der Waals surface area contributed by atoms with E-state index in [2.05, 4.69) is 0 Å². The highest BCUT2D eigenvalue weighted by atomic mass is 16.4. The van der Waals surface area contributed by atoms with Gasteiger partial charge in [0.1, 0.15) is 0 Å². The number of rotatable bonds is 3. The van der Waals surface area contributed by atoms with Crippen molar-refractivity contribution in [2.24, 2.45) is 11.3 Å². The lowest BCUT2D eigenvalue weighted by atomic mass is 9.68. The molecule has 0 saturated heterocycles. The molecule has 0 aromatic carbocycles. The first-order valence-electron chi connectivity index (χ1n) is 6.46. The fraction of sp³-hybridized carbons (Fsp3) is 0.923. The molecule has 1 N–H and O–H groups in total. The Labute approximate surface area is 92.1 Å². The van der Waals surface area contributed by atoms with Gasteiger partial charge in [0.2, 0.25) is 0 Å². The second-order valence-corrected chi connectivity index (χ2v) is 5.50. The second-order valence-electron chi connectivity index (χ2n) is 5.50. The van der Waals surface area contributed by atoms with Crippen LogP contribution in [0, 0.1) is 11.3 Å². The molecule has 2 aliphatic rings. The Morgan fingerprint density at radius 1 is 1.07 bits per heavy atom. The van der Waals surface area contributed by atoms with Crippen LogP contribution in [-0.2, 0) is 4.79 Å². The molecule has 0 aromatic heterocycles. The Balaban J connectivity index is 2.02. The molecule has 0 atom stereocenters. The lowest BCUT2D eigenvalue weighted by molar-refractivity contribution is -0.151. The molecule has 2 aliphatic carbocycles. The van der Waals surface area contributed by atoms with E-state index in [0.29, 0.717) is 0 Å². The van der Waals surface area contributed by atoms with Gasteiger partial charge >= 0.3 is 5.97 Å². The van der Waals surface area contributed by atoms with Crippen molar-refractivity contribution in [3.8, 4) is 0 Å². The SMILES string of the molecule is O=C(O)C1(CC2CCC2)CCCCCC1. The van der Waals surface area contributed by atoms with E-state index < -0.39 is 5.97 Å². The maximum Gasteiger partial charge on any atom is 0.309 e. The minimum Gasteiger partial charge on any atom is -0.481 e. The molecule has 2 nitrogen and oxygen atoms in total. The van der Waals surface area contributed by atoms with Crippen LogP contribution in [0.5, 0.6) is 0 Å². The quantitative estimate of drug-likeness (QED) is 0.723. The lowest BCUT2D eigenvalue weighted by Crippen LogP contribution is -2.34. The molecule has 0 bridgehead atoms. The Bertz CT molecular complexity index is 223. The monoisotopic (exact) mass is 210 g/mol. The number of hydrogen-bond acceptors (Lipinski definition) is 1. The molecule has 0 aromatic rings. The van der Waals surface area contributed by atoms with Gasteiger partial charge in [-0.15, -0.1) is 0 Å². The van der Waals surface area contributed by atoms with Crippen molar-refractivity contribution in [1.29, 1.82) is 0 Å². The van der Waals surface area contributed by atoms with Gasteiger partial charge < -0.3 is 5.11 Å². The smallest absolute Gasteiger partial charge is 0.309 e. The van der Waals surface area contributed by atoms with Crippen LogP contribution in [0.4, 0.5) is 0 Å². The Morgan fingerprint density at radius 2 is 1.67 bits per heavy atom. The maximum absolute atomic E-state index is 11.5. The third kappa shape index (κ3) is 2.35. The first-order valence-corrected chi connectivity index (χ1v) is 6.46. The van der Waals surface area contributed by atoms with Crippen LogP contribution in [0.25, 0.3) is 0 Å². The third-order valence-corrected chi connectivity index (χ3v) is 4.42. The summed E-state index contributed by atoms with van der Waals surface area (Å²) in [6.45, 7) is 0. The molecular weight excluding hydrogens is 188 g/mol. The van der Waals surface area contributed by atoms with Crippen molar-refractivity contribution in [1.82, 2.24) is 0 Å². The molecule has 0 amide bonds. The summed E-state index contributed by atoms with van der Waals surface area (Å²) in [5.41, 5.74) is -0.346. The van der Waals surface area contributed by atoms with E-state index in [1.165, 1.54) is 32.1 Å². The van der Waals surface area contributed by atoms with E-state index in [9.17, 15) is 9.90 Å². The molecule has 2 saturated carbocycles. The van der Waals surface area contributed by atoms with Crippen molar-refractivity contribution in [2.45, 2.75) is 64.2 Å². The minimum atomic E-state index is -0.517. The molecule has 2 fully saturated rings. The molecule has 0 spiro atoms. The summed E-state index contributed by atoms with van der Waals surface area (Å²) in [6, 6.07) is 0. The van der Waals surface area contributed by atoms with Crippen LogP contribution in [0.15, 0.2) is 0 Å². The average molecular weight is 210 g/mol. The van der Waals surface area contributed by atoms with Gasteiger partial charge in [0.25, 0.3) is 0 Å². The lowest BCUT2D eigenvalue weighted by Gasteiger charge is -2.36. The fourth-order valence-corrected chi connectivity index (χ4v) is 3.16. The van der Waals surface area contributed by atoms with Crippen LogP contribution < -0.4 is 0 Å². The first-order chi connectivity index (χ1) is 7.23. The highest BCUT2D eigenvalue weighted by Gasteiger charge is 2.41. The number of carboxylic acid groups (broad SMARTS) is 1. The van der Waals surface area contributed by atoms with Crippen LogP contribution in [-0.4, -0.2) is 11.1 Å². The van der Waals surface area contributed by atoms with Gasteiger partial charge in [-0.05, 0) is 25.2 Å². The second kappa shape index (κ2) is 4.54. The van der Waals surface area contributed by atoms with Crippen LogP contribution in [0.1, 0.15) is 64.2 Å². The molecule has 0 unspecified atom stereocenters. The Kier molecular flexibility index (Phi) is 3.32. The summed E-state index contributed by atoms with van der Waals surface area (Å²) in [4.78, 5) is 11.5. The minimum absolute atomic E-state index is 0.346. The van der Waals surface area contributed by atoms with E-state index in [0.717, 1.165) is 38.0 Å². The summed E-state index contributed by atoms with van der Waals surface area (Å²) >= 11 is 0. The zero-order valence-corrected chi connectivity index (χ0v) is 9.50. The molecule has 2 heteroatoms. The molecule has 0 radical (unpaired) electrons. The Morgan fingerprint density at radius 3 is 2.07 bits per heavy atom. The van der Waals surface area contributed by atoms with Crippen molar-refractivity contribution < 1.29 is 9.90 Å². The van der Waals surface area contributed by atoms with Gasteiger partial charge in [0, 0.05) is 0 Å². The van der Waals surface area contributed by atoms with Crippen molar-refractivity contribution in [2.75, 3.05) is 0 Å². The Hall–Kier alpha value is -0.530. The normalized spacial score (nSPS) is 26.7. The van der Waals surface area contributed by atoms with Gasteiger partial charge in [-0.2, -0.15) is 0 Å². The molecule has 0 aliphatic heterocycles. The number of aliphatic carboxylic acids is 1. The van der Waals surface area contributed by atoms with E-state index in [1.807, 2.05) is 0 Å². The van der Waals surface area contributed by atoms with E-state index in [1.54, 1.807) is 0 Å². The van der Waals surface area contributed by atoms with E-state index >= 15 is 0 Å². The largest absolute Gasteiger partial charge is 0.481 e. The van der Waals surface area contributed by atoms with Crippen LogP contribution in [0.3, 0.4) is 0 Å². The summed E-state index contributed by atoms with van der Waals surface area (Å²) in [5, 5.41) is 9.48. The molecule has 86 valence electrons. The predicted molar refractivity (Wildman–Crippen MR) is 59.7 cm³/mol. The van der Waals surface area contributed by atoms with Crippen molar-refractivity contribution in [3.05, 3.63) is 0 Å². The van der Waals surface area contributed by atoms with Gasteiger partial charge in [-0.3, -0.25) is 4.79 Å². The van der Waals surface area contributed by atoms with Gasteiger partial charge in [-0.25, -0.2) is 0 Å². The van der Waals surface area contributed by atoms with Gasteiger partial charge in [-0.1, -0.05) is 44.9 Å². The van der Waals surface area contributed by atoms with Crippen LogP contribution in [0.2, 0.25) is 0 Å². The highest BCUT2D eigenvalue weighted by Crippen LogP contribution is 2.45. The standard InChI is InChI=1S/C13H22O2/c14-12(15)13(10-11-6-5-7-11)8-3-1-2-4-9-13/h11H,1-10H2,(H,14,15). The predicted octanol–water partition coefficient (Wildman–Crippen LogP) is 3.60. The number of hydrogen-bond donors (Lipinski definition) is 1. The summed E-state index contributed by atoms with van der Waals surface area (Å²) in [5.74, 6) is 0.204. The molecular formula is C13H22O2. The number of carboxylic acids is 1. The average Bonchev–Trinajstić information content (AvgIpc) is 2.37. The highest BCUT2D eigenvalue weighted by molar-refractivity contribution is 5.74. The molecule has 0 heterocycles. The molecule has 2 rings (SSSR count). The van der Waals surface area contributed by atoms with Crippen molar-refractivity contribution >= 4 is 5.97 Å². The topological polar surface area (TPSA) is 37.3 Å². The summed E-state index contributed by atoms with van der Waals surface area (Å²) in [6.07, 6.45) is 11.4. The summed E-state index contributed by atoms with van der Waals surface area (Å²) in [7, 11) is 0. The van der Waals surface area contributed by atoms with E-state index in [4.69, 9.17) is 0 Å².